The topological polar surface area (TPSA) is 41.6 Å². The van der Waals surface area contributed by atoms with Crippen LogP contribution in [0.5, 0.6) is 0 Å². The molecule has 3 heteroatoms. The van der Waals surface area contributed by atoms with E-state index in [0.717, 1.165) is 25.0 Å². The van der Waals surface area contributed by atoms with Gasteiger partial charge in [0.25, 0.3) is 0 Å². The lowest BCUT2D eigenvalue weighted by atomic mass is 9.69. The van der Waals surface area contributed by atoms with Crippen LogP contribution in [0.25, 0.3) is 0 Å². The Bertz CT molecular complexity index is 493. The maximum Gasteiger partial charge on any atom is 0.0693 e. The van der Waals surface area contributed by atoms with Gasteiger partial charge in [-0.2, -0.15) is 10.4 Å². The number of rotatable bonds is 3. The maximum absolute atomic E-state index is 9.65. The van der Waals surface area contributed by atoms with Gasteiger partial charge in [0.1, 0.15) is 0 Å². The van der Waals surface area contributed by atoms with Crippen molar-refractivity contribution in [2.75, 3.05) is 0 Å². The monoisotopic (exact) mass is 271 g/mol. The second kappa shape index (κ2) is 5.60. The summed E-state index contributed by atoms with van der Waals surface area (Å²) in [6.07, 6.45) is 12.7. The van der Waals surface area contributed by atoms with Gasteiger partial charge in [0.2, 0.25) is 0 Å². The van der Waals surface area contributed by atoms with Crippen LogP contribution in [0.1, 0.15) is 70.0 Å². The molecule has 0 spiro atoms. The van der Waals surface area contributed by atoms with Gasteiger partial charge in [0.05, 0.1) is 23.2 Å². The molecule has 2 aliphatic carbocycles. The number of nitriles is 1. The van der Waals surface area contributed by atoms with Crippen LogP contribution in [0.4, 0.5) is 0 Å². The number of aromatic nitrogens is 2. The van der Waals surface area contributed by atoms with E-state index in [-0.39, 0.29) is 5.41 Å². The molecule has 2 unspecified atom stereocenters. The van der Waals surface area contributed by atoms with E-state index in [9.17, 15) is 5.26 Å². The van der Waals surface area contributed by atoms with Gasteiger partial charge >= 0.3 is 0 Å². The average molecular weight is 271 g/mol. The highest BCUT2D eigenvalue weighted by Crippen LogP contribution is 2.41. The van der Waals surface area contributed by atoms with Crippen molar-refractivity contribution in [2.45, 2.75) is 70.8 Å². The molecule has 3 nitrogen and oxygen atoms in total. The van der Waals surface area contributed by atoms with Crippen molar-refractivity contribution in [3.8, 4) is 6.07 Å². The summed E-state index contributed by atoms with van der Waals surface area (Å²) in [6, 6.07) is 5.37. The molecular formula is C17H25N3. The smallest absolute Gasteiger partial charge is 0.0693 e. The summed E-state index contributed by atoms with van der Waals surface area (Å²) in [4.78, 5) is 0. The highest BCUT2D eigenvalue weighted by molar-refractivity contribution is 5.12. The minimum absolute atomic E-state index is 0.160. The van der Waals surface area contributed by atoms with Gasteiger partial charge in [-0.25, -0.2) is 0 Å². The van der Waals surface area contributed by atoms with Crippen LogP contribution in [0.15, 0.2) is 12.3 Å². The molecule has 108 valence electrons. The Balaban J connectivity index is 1.71. The van der Waals surface area contributed by atoms with E-state index in [0.29, 0.717) is 12.0 Å². The fourth-order valence-corrected chi connectivity index (χ4v) is 4.15. The van der Waals surface area contributed by atoms with Crippen molar-refractivity contribution in [3.63, 3.8) is 0 Å². The standard InChI is InChI=1S/C17H25N3/c1-14-5-4-9-17(11-14,13-18)12-15-8-10-20(19-15)16-6-2-3-7-16/h8,10,14,16H,2-7,9,11-12H2,1H3. The third kappa shape index (κ3) is 2.75. The van der Waals surface area contributed by atoms with E-state index in [4.69, 9.17) is 5.10 Å². The summed E-state index contributed by atoms with van der Waals surface area (Å²) in [5, 5.41) is 14.4. The Morgan fingerprint density at radius 3 is 2.85 bits per heavy atom. The molecule has 1 aromatic rings. The third-order valence-corrected chi connectivity index (χ3v) is 5.21. The van der Waals surface area contributed by atoms with E-state index in [1.807, 2.05) is 0 Å². The summed E-state index contributed by atoms with van der Waals surface area (Å²) in [6.45, 7) is 2.28. The van der Waals surface area contributed by atoms with Crippen molar-refractivity contribution in [2.24, 2.45) is 11.3 Å². The lowest BCUT2D eigenvalue weighted by Crippen LogP contribution is -2.28. The van der Waals surface area contributed by atoms with Crippen LogP contribution in [0.2, 0.25) is 0 Å². The Labute approximate surface area is 122 Å². The van der Waals surface area contributed by atoms with E-state index in [1.54, 1.807) is 0 Å². The SMILES string of the molecule is CC1CCCC(C#N)(Cc2ccn(C3CCCC3)n2)C1. The van der Waals surface area contributed by atoms with Crippen LogP contribution in [-0.2, 0) is 6.42 Å². The molecule has 1 aromatic heterocycles. The predicted octanol–water partition coefficient (Wildman–Crippen LogP) is 4.26. The predicted molar refractivity (Wildman–Crippen MR) is 79.1 cm³/mol. The van der Waals surface area contributed by atoms with Gasteiger partial charge in [0.15, 0.2) is 0 Å². The molecule has 20 heavy (non-hydrogen) atoms. The van der Waals surface area contributed by atoms with Crippen LogP contribution in [0.3, 0.4) is 0 Å². The molecular weight excluding hydrogens is 246 g/mol. The molecule has 0 saturated heterocycles. The fourth-order valence-electron chi connectivity index (χ4n) is 4.15. The van der Waals surface area contributed by atoms with Crippen molar-refractivity contribution < 1.29 is 0 Å². The molecule has 3 rings (SSSR count). The van der Waals surface area contributed by atoms with Crippen molar-refractivity contribution in [3.05, 3.63) is 18.0 Å². The van der Waals surface area contributed by atoms with E-state index in [1.165, 1.54) is 38.5 Å². The molecule has 2 fully saturated rings. The van der Waals surface area contributed by atoms with Crippen LogP contribution in [0, 0.1) is 22.7 Å². The van der Waals surface area contributed by atoms with Gasteiger partial charge in [-0.1, -0.05) is 32.6 Å². The van der Waals surface area contributed by atoms with Crippen molar-refractivity contribution in [1.29, 1.82) is 5.26 Å². The Morgan fingerprint density at radius 1 is 1.35 bits per heavy atom. The second-order valence-corrected chi connectivity index (χ2v) is 7.00. The van der Waals surface area contributed by atoms with Crippen molar-refractivity contribution in [1.82, 2.24) is 9.78 Å². The fraction of sp³-hybridized carbons (Fsp3) is 0.765. The first-order chi connectivity index (χ1) is 9.71. The van der Waals surface area contributed by atoms with Gasteiger partial charge in [-0.15, -0.1) is 0 Å². The highest BCUT2D eigenvalue weighted by Gasteiger charge is 2.36. The van der Waals surface area contributed by atoms with Crippen molar-refractivity contribution >= 4 is 0 Å². The first-order valence-corrected chi connectivity index (χ1v) is 8.16. The largest absolute Gasteiger partial charge is 0.269 e. The molecule has 2 saturated carbocycles. The summed E-state index contributed by atoms with van der Waals surface area (Å²) in [7, 11) is 0. The van der Waals surface area contributed by atoms with Gasteiger partial charge in [-0.3, -0.25) is 4.68 Å². The van der Waals surface area contributed by atoms with Gasteiger partial charge in [0, 0.05) is 12.6 Å². The first kappa shape index (κ1) is 13.7. The molecule has 0 bridgehead atoms. The summed E-state index contributed by atoms with van der Waals surface area (Å²) < 4.78 is 2.15. The zero-order chi connectivity index (χ0) is 14.0. The van der Waals surface area contributed by atoms with Gasteiger partial charge < -0.3 is 0 Å². The summed E-state index contributed by atoms with van der Waals surface area (Å²) in [5.74, 6) is 0.681. The molecule has 0 N–H and O–H groups in total. The molecule has 1 heterocycles. The van der Waals surface area contributed by atoms with E-state index < -0.39 is 0 Å². The normalized spacial score (nSPS) is 31.3. The molecule has 0 aromatic carbocycles. The lowest BCUT2D eigenvalue weighted by Gasteiger charge is -2.33. The van der Waals surface area contributed by atoms with Crippen LogP contribution >= 0.6 is 0 Å². The molecule has 2 atom stereocenters. The zero-order valence-corrected chi connectivity index (χ0v) is 12.5. The Morgan fingerprint density at radius 2 is 2.15 bits per heavy atom. The minimum atomic E-state index is -0.160. The van der Waals surface area contributed by atoms with E-state index >= 15 is 0 Å². The Kier molecular flexibility index (Phi) is 3.83. The van der Waals surface area contributed by atoms with Gasteiger partial charge in [-0.05, 0) is 37.7 Å². The zero-order valence-electron chi connectivity index (χ0n) is 12.5. The summed E-state index contributed by atoms with van der Waals surface area (Å²) >= 11 is 0. The minimum Gasteiger partial charge on any atom is -0.269 e. The van der Waals surface area contributed by atoms with Crippen LogP contribution < -0.4 is 0 Å². The third-order valence-electron chi connectivity index (χ3n) is 5.21. The highest BCUT2D eigenvalue weighted by atomic mass is 15.3. The quantitative estimate of drug-likeness (QED) is 0.824. The summed E-state index contributed by atoms with van der Waals surface area (Å²) in [5.41, 5.74) is 0.958. The molecule has 0 radical (unpaired) electrons. The van der Waals surface area contributed by atoms with Crippen LogP contribution in [-0.4, -0.2) is 9.78 Å². The molecule has 0 amide bonds. The Hall–Kier alpha value is -1.30. The first-order valence-electron chi connectivity index (χ1n) is 8.16. The number of hydrogen-bond acceptors (Lipinski definition) is 2. The van der Waals surface area contributed by atoms with E-state index in [2.05, 4.69) is 29.9 Å². The second-order valence-electron chi connectivity index (χ2n) is 7.00. The molecule has 0 aliphatic heterocycles. The maximum atomic E-state index is 9.65. The lowest BCUT2D eigenvalue weighted by molar-refractivity contribution is 0.207. The number of nitrogens with zero attached hydrogens (tertiary/aromatic N) is 3. The molecule has 2 aliphatic rings. The number of hydrogen-bond donors (Lipinski definition) is 0. The average Bonchev–Trinajstić information content (AvgIpc) is 3.09.